The maximum absolute atomic E-state index is 11.6. The third-order valence-electron chi connectivity index (χ3n) is 3.28. The standard InChI is InChI=1S/C13H25NO2/c1-10(11-5-7-14-8-6-11)9-16-12(15)13(2,3)4/h10-11,14H,5-9H2,1-4H3. The molecule has 0 aromatic heterocycles. The number of esters is 1. The first-order valence-corrected chi connectivity index (χ1v) is 6.29. The molecular formula is C13H25NO2. The first-order valence-electron chi connectivity index (χ1n) is 6.29. The van der Waals surface area contributed by atoms with Gasteiger partial charge in [-0.3, -0.25) is 4.79 Å². The number of piperidine rings is 1. The van der Waals surface area contributed by atoms with Gasteiger partial charge in [-0.25, -0.2) is 0 Å². The van der Waals surface area contributed by atoms with Crippen LogP contribution in [0.15, 0.2) is 0 Å². The summed E-state index contributed by atoms with van der Waals surface area (Å²) >= 11 is 0. The fraction of sp³-hybridized carbons (Fsp3) is 0.923. The van der Waals surface area contributed by atoms with Gasteiger partial charge in [0.25, 0.3) is 0 Å². The van der Waals surface area contributed by atoms with Crippen LogP contribution in [0, 0.1) is 17.3 Å². The van der Waals surface area contributed by atoms with Gasteiger partial charge in [-0.05, 0) is 58.5 Å². The van der Waals surface area contributed by atoms with Gasteiger partial charge < -0.3 is 10.1 Å². The van der Waals surface area contributed by atoms with E-state index in [1.807, 2.05) is 20.8 Å². The molecule has 0 aromatic rings. The molecule has 0 amide bonds. The third kappa shape index (κ3) is 4.12. The second kappa shape index (κ2) is 5.67. The minimum atomic E-state index is -0.381. The van der Waals surface area contributed by atoms with Crippen molar-refractivity contribution in [1.29, 1.82) is 0 Å². The first-order chi connectivity index (χ1) is 7.41. The number of rotatable bonds is 3. The maximum Gasteiger partial charge on any atom is 0.311 e. The normalized spacial score (nSPS) is 20.5. The topological polar surface area (TPSA) is 38.3 Å². The molecule has 1 aliphatic heterocycles. The molecule has 0 bridgehead atoms. The lowest BCUT2D eigenvalue weighted by Crippen LogP contribution is -2.33. The van der Waals surface area contributed by atoms with Crippen molar-refractivity contribution in [1.82, 2.24) is 5.32 Å². The van der Waals surface area contributed by atoms with Crippen LogP contribution in [0.5, 0.6) is 0 Å². The van der Waals surface area contributed by atoms with Gasteiger partial charge in [0.2, 0.25) is 0 Å². The predicted molar refractivity (Wildman–Crippen MR) is 65.2 cm³/mol. The number of carbonyl (C=O) groups is 1. The van der Waals surface area contributed by atoms with Gasteiger partial charge in [0.15, 0.2) is 0 Å². The first kappa shape index (κ1) is 13.5. The largest absolute Gasteiger partial charge is 0.465 e. The van der Waals surface area contributed by atoms with Gasteiger partial charge in [-0.1, -0.05) is 6.92 Å². The molecule has 0 radical (unpaired) electrons. The van der Waals surface area contributed by atoms with E-state index in [2.05, 4.69) is 12.2 Å². The van der Waals surface area contributed by atoms with Crippen LogP contribution in [0.25, 0.3) is 0 Å². The van der Waals surface area contributed by atoms with Crippen LogP contribution in [0.2, 0.25) is 0 Å². The van der Waals surface area contributed by atoms with E-state index < -0.39 is 0 Å². The molecule has 1 unspecified atom stereocenters. The van der Waals surface area contributed by atoms with Gasteiger partial charge in [0.05, 0.1) is 12.0 Å². The monoisotopic (exact) mass is 227 g/mol. The summed E-state index contributed by atoms with van der Waals surface area (Å²) in [5, 5.41) is 3.35. The molecular weight excluding hydrogens is 202 g/mol. The van der Waals surface area contributed by atoms with Crippen molar-refractivity contribution >= 4 is 5.97 Å². The zero-order valence-electron chi connectivity index (χ0n) is 11.0. The lowest BCUT2D eigenvalue weighted by molar-refractivity contribution is -0.154. The zero-order chi connectivity index (χ0) is 12.2. The van der Waals surface area contributed by atoms with Crippen molar-refractivity contribution in [2.24, 2.45) is 17.3 Å². The summed E-state index contributed by atoms with van der Waals surface area (Å²) in [6, 6.07) is 0. The number of hydrogen-bond acceptors (Lipinski definition) is 3. The number of carbonyl (C=O) groups excluding carboxylic acids is 1. The summed E-state index contributed by atoms with van der Waals surface area (Å²) in [6.07, 6.45) is 2.41. The Balaban J connectivity index is 2.29. The van der Waals surface area contributed by atoms with Crippen LogP contribution >= 0.6 is 0 Å². The van der Waals surface area contributed by atoms with E-state index in [0.29, 0.717) is 18.4 Å². The molecule has 1 fully saturated rings. The molecule has 1 aliphatic rings. The minimum Gasteiger partial charge on any atom is -0.465 e. The fourth-order valence-corrected chi connectivity index (χ4v) is 1.97. The van der Waals surface area contributed by atoms with Gasteiger partial charge in [-0.2, -0.15) is 0 Å². The Labute approximate surface area is 98.9 Å². The summed E-state index contributed by atoms with van der Waals surface area (Å²) < 4.78 is 5.36. The molecule has 1 N–H and O–H groups in total. The van der Waals surface area contributed by atoms with Crippen LogP contribution in [0.1, 0.15) is 40.5 Å². The lowest BCUT2D eigenvalue weighted by atomic mass is 9.86. The van der Waals surface area contributed by atoms with Crippen molar-refractivity contribution in [2.75, 3.05) is 19.7 Å². The van der Waals surface area contributed by atoms with E-state index in [4.69, 9.17) is 4.74 Å². The van der Waals surface area contributed by atoms with E-state index in [0.717, 1.165) is 13.1 Å². The summed E-state index contributed by atoms with van der Waals surface area (Å²) in [4.78, 5) is 11.6. The van der Waals surface area contributed by atoms with Crippen LogP contribution in [-0.2, 0) is 9.53 Å². The van der Waals surface area contributed by atoms with E-state index in [1.165, 1.54) is 12.8 Å². The highest BCUT2D eigenvalue weighted by Crippen LogP contribution is 2.23. The van der Waals surface area contributed by atoms with Crippen LogP contribution in [-0.4, -0.2) is 25.7 Å². The van der Waals surface area contributed by atoms with E-state index in [1.54, 1.807) is 0 Å². The van der Waals surface area contributed by atoms with E-state index in [-0.39, 0.29) is 11.4 Å². The number of nitrogens with one attached hydrogen (secondary N) is 1. The highest BCUT2D eigenvalue weighted by atomic mass is 16.5. The highest BCUT2D eigenvalue weighted by molar-refractivity contribution is 5.75. The highest BCUT2D eigenvalue weighted by Gasteiger charge is 2.26. The molecule has 94 valence electrons. The predicted octanol–water partition coefficient (Wildman–Crippen LogP) is 2.21. The molecule has 1 saturated heterocycles. The molecule has 1 atom stereocenters. The molecule has 0 spiro atoms. The third-order valence-corrected chi connectivity index (χ3v) is 3.28. The molecule has 0 aliphatic carbocycles. The molecule has 16 heavy (non-hydrogen) atoms. The zero-order valence-corrected chi connectivity index (χ0v) is 11.0. The van der Waals surface area contributed by atoms with Gasteiger partial charge in [0.1, 0.15) is 0 Å². The van der Waals surface area contributed by atoms with Crippen molar-refractivity contribution in [3.63, 3.8) is 0 Å². The summed E-state index contributed by atoms with van der Waals surface area (Å²) in [7, 11) is 0. The SMILES string of the molecule is CC(COC(=O)C(C)(C)C)C1CCNCC1. The van der Waals surface area contributed by atoms with Crippen molar-refractivity contribution in [2.45, 2.75) is 40.5 Å². The number of hydrogen-bond donors (Lipinski definition) is 1. The quantitative estimate of drug-likeness (QED) is 0.751. The van der Waals surface area contributed by atoms with Crippen LogP contribution in [0.4, 0.5) is 0 Å². The molecule has 0 saturated carbocycles. The van der Waals surface area contributed by atoms with Gasteiger partial charge >= 0.3 is 5.97 Å². The molecule has 3 heteroatoms. The van der Waals surface area contributed by atoms with Crippen molar-refractivity contribution in [3.05, 3.63) is 0 Å². The second-order valence-electron chi connectivity index (χ2n) is 5.91. The lowest BCUT2D eigenvalue weighted by Gasteiger charge is -2.28. The summed E-state index contributed by atoms with van der Waals surface area (Å²) in [5.74, 6) is 1.09. The van der Waals surface area contributed by atoms with Crippen LogP contribution < -0.4 is 5.32 Å². The Hall–Kier alpha value is -0.570. The molecule has 1 rings (SSSR count). The summed E-state index contributed by atoms with van der Waals surface area (Å²) in [6.45, 7) is 10.6. The van der Waals surface area contributed by atoms with Crippen LogP contribution in [0.3, 0.4) is 0 Å². The summed E-state index contributed by atoms with van der Waals surface area (Å²) in [5.41, 5.74) is -0.381. The Morgan fingerprint density at radius 3 is 2.44 bits per heavy atom. The Morgan fingerprint density at radius 1 is 1.38 bits per heavy atom. The fourth-order valence-electron chi connectivity index (χ4n) is 1.97. The Morgan fingerprint density at radius 2 is 1.94 bits per heavy atom. The minimum absolute atomic E-state index is 0.0896. The molecule has 0 aromatic carbocycles. The van der Waals surface area contributed by atoms with Crippen molar-refractivity contribution in [3.8, 4) is 0 Å². The van der Waals surface area contributed by atoms with Gasteiger partial charge in [0, 0.05) is 0 Å². The average molecular weight is 227 g/mol. The Bertz CT molecular complexity index is 227. The van der Waals surface area contributed by atoms with E-state index >= 15 is 0 Å². The number of ether oxygens (including phenoxy) is 1. The van der Waals surface area contributed by atoms with E-state index in [9.17, 15) is 4.79 Å². The molecule has 3 nitrogen and oxygen atoms in total. The second-order valence-corrected chi connectivity index (χ2v) is 5.91. The van der Waals surface area contributed by atoms with Gasteiger partial charge in [-0.15, -0.1) is 0 Å². The van der Waals surface area contributed by atoms with Crippen molar-refractivity contribution < 1.29 is 9.53 Å². The molecule has 1 heterocycles. The maximum atomic E-state index is 11.6. The Kier molecular flexibility index (Phi) is 4.78. The smallest absolute Gasteiger partial charge is 0.311 e. The average Bonchev–Trinajstić information content (AvgIpc) is 2.25.